The third kappa shape index (κ3) is 6.89. The lowest BCUT2D eigenvalue weighted by atomic mass is 9.86. The lowest BCUT2D eigenvalue weighted by molar-refractivity contribution is -0.125. The van der Waals surface area contributed by atoms with E-state index < -0.39 is 15.7 Å². The molecule has 170 valence electrons. The normalized spacial score (nSPS) is 20.6. The Hall–Kier alpha value is -2.22. The van der Waals surface area contributed by atoms with Crippen LogP contribution >= 0.6 is 0 Å². The number of allylic oxidation sites excluding steroid dienone is 2. The molecular formula is C23H30FNO5S. The summed E-state index contributed by atoms with van der Waals surface area (Å²) >= 11 is 0. The second kappa shape index (κ2) is 10.4. The van der Waals surface area contributed by atoms with Gasteiger partial charge in [-0.2, -0.15) is 0 Å². The van der Waals surface area contributed by atoms with Crippen LogP contribution < -0.4 is 10.1 Å². The van der Waals surface area contributed by atoms with E-state index >= 15 is 0 Å². The topological polar surface area (TPSA) is 89.5 Å². The van der Waals surface area contributed by atoms with Crippen molar-refractivity contribution < 1.29 is 27.1 Å². The SMILES string of the molecule is C[C@@H](CS(=O)(=O)CC/C=C/CC1CC(=O)NC1=O)c1ccc(F)c(OCC2CCC2)c1. The highest BCUT2D eigenvalue weighted by Gasteiger charge is 2.29. The standard InChI is InChI=1S/C23H30FNO5S/c1-16(18-9-10-20(24)21(12-18)30-14-17-6-5-7-17)15-31(28,29)11-4-2-3-8-19-13-22(26)25-23(19)27/h2-3,9-10,12,16-17,19H,4-8,11,13-15H2,1H3,(H,25,26,27)/b3-2+/t16-,19?/m0/s1. The predicted molar refractivity (Wildman–Crippen MR) is 116 cm³/mol. The number of carbonyl (C=O) groups excluding carboxylic acids is 2. The smallest absolute Gasteiger partial charge is 0.230 e. The fraction of sp³-hybridized carbons (Fsp3) is 0.565. The van der Waals surface area contributed by atoms with Crippen molar-refractivity contribution in [2.24, 2.45) is 11.8 Å². The van der Waals surface area contributed by atoms with Crippen molar-refractivity contribution in [3.8, 4) is 5.75 Å². The predicted octanol–water partition coefficient (Wildman–Crippen LogP) is 3.52. The zero-order valence-electron chi connectivity index (χ0n) is 17.8. The van der Waals surface area contributed by atoms with E-state index in [1.54, 1.807) is 24.3 Å². The van der Waals surface area contributed by atoms with Crippen LogP contribution in [-0.2, 0) is 19.4 Å². The molecule has 6 nitrogen and oxygen atoms in total. The number of sulfone groups is 1. The molecule has 1 aliphatic carbocycles. The summed E-state index contributed by atoms with van der Waals surface area (Å²) in [7, 11) is -3.31. The van der Waals surface area contributed by atoms with E-state index in [1.165, 1.54) is 12.5 Å². The second-order valence-electron chi connectivity index (χ2n) is 8.62. The molecule has 1 aromatic carbocycles. The van der Waals surface area contributed by atoms with E-state index in [0.717, 1.165) is 18.4 Å². The molecule has 2 amide bonds. The number of rotatable bonds is 11. The van der Waals surface area contributed by atoms with Crippen LogP contribution in [0.2, 0.25) is 0 Å². The molecule has 0 radical (unpaired) electrons. The van der Waals surface area contributed by atoms with Crippen molar-refractivity contribution in [1.82, 2.24) is 5.32 Å². The molecule has 3 rings (SSSR count). The van der Waals surface area contributed by atoms with Crippen LogP contribution in [0, 0.1) is 17.7 Å². The minimum Gasteiger partial charge on any atom is -0.490 e. The zero-order valence-corrected chi connectivity index (χ0v) is 18.6. The number of ether oxygens (including phenoxy) is 1. The van der Waals surface area contributed by atoms with Gasteiger partial charge in [0.1, 0.15) is 0 Å². The van der Waals surface area contributed by atoms with Crippen LogP contribution in [-0.4, -0.2) is 38.3 Å². The molecule has 1 aromatic rings. The molecule has 0 bridgehead atoms. The molecule has 0 aromatic heterocycles. The number of hydrogen-bond donors (Lipinski definition) is 1. The Labute approximate surface area is 183 Å². The Morgan fingerprint density at radius 3 is 2.68 bits per heavy atom. The first-order chi connectivity index (χ1) is 14.7. The largest absolute Gasteiger partial charge is 0.490 e. The maximum Gasteiger partial charge on any atom is 0.230 e. The number of amides is 2. The zero-order chi connectivity index (χ0) is 22.4. The van der Waals surface area contributed by atoms with Crippen molar-refractivity contribution in [1.29, 1.82) is 0 Å². The first kappa shape index (κ1) is 23.4. The molecule has 1 saturated carbocycles. The summed E-state index contributed by atoms with van der Waals surface area (Å²) in [4.78, 5) is 22.7. The molecule has 1 heterocycles. The van der Waals surface area contributed by atoms with Gasteiger partial charge in [-0.1, -0.05) is 31.6 Å². The number of imide groups is 1. The average Bonchev–Trinajstić information content (AvgIpc) is 2.98. The van der Waals surface area contributed by atoms with Crippen molar-refractivity contribution in [3.63, 3.8) is 0 Å². The summed E-state index contributed by atoms with van der Waals surface area (Å²) in [6.45, 7) is 2.31. The van der Waals surface area contributed by atoms with Crippen molar-refractivity contribution in [2.75, 3.05) is 18.1 Å². The van der Waals surface area contributed by atoms with E-state index in [-0.39, 0.29) is 47.3 Å². The minimum atomic E-state index is -3.31. The third-order valence-corrected chi connectivity index (χ3v) is 7.84. The monoisotopic (exact) mass is 451 g/mol. The second-order valence-corrected chi connectivity index (χ2v) is 10.9. The van der Waals surface area contributed by atoms with Gasteiger partial charge in [-0.15, -0.1) is 0 Å². The van der Waals surface area contributed by atoms with Crippen LogP contribution in [0.5, 0.6) is 5.75 Å². The van der Waals surface area contributed by atoms with E-state index in [0.29, 0.717) is 25.4 Å². The Bertz CT molecular complexity index is 939. The van der Waals surface area contributed by atoms with Gasteiger partial charge >= 0.3 is 0 Å². The molecule has 1 aliphatic heterocycles. The molecular weight excluding hydrogens is 421 g/mol. The molecule has 2 atom stereocenters. The van der Waals surface area contributed by atoms with Crippen molar-refractivity contribution >= 4 is 21.7 Å². The number of hydrogen-bond acceptors (Lipinski definition) is 5. The van der Waals surface area contributed by atoms with Crippen LogP contribution in [0.15, 0.2) is 30.4 Å². The van der Waals surface area contributed by atoms with Gasteiger partial charge in [0.2, 0.25) is 11.8 Å². The summed E-state index contributed by atoms with van der Waals surface area (Å²) in [5.41, 5.74) is 0.737. The number of halogens is 1. The van der Waals surface area contributed by atoms with Gasteiger partial charge in [0.15, 0.2) is 21.4 Å². The van der Waals surface area contributed by atoms with E-state index in [4.69, 9.17) is 4.74 Å². The highest BCUT2D eigenvalue weighted by molar-refractivity contribution is 7.91. The van der Waals surface area contributed by atoms with Crippen LogP contribution in [0.1, 0.15) is 56.9 Å². The molecule has 1 N–H and O–H groups in total. The summed E-state index contributed by atoms with van der Waals surface area (Å²) in [5.74, 6) is -0.981. The fourth-order valence-electron chi connectivity index (χ4n) is 3.79. The molecule has 2 fully saturated rings. The highest BCUT2D eigenvalue weighted by atomic mass is 32.2. The van der Waals surface area contributed by atoms with E-state index in [1.807, 2.05) is 6.92 Å². The third-order valence-electron chi connectivity index (χ3n) is 5.98. The van der Waals surface area contributed by atoms with Gasteiger partial charge in [0.05, 0.1) is 24.0 Å². The van der Waals surface area contributed by atoms with Crippen LogP contribution in [0.3, 0.4) is 0 Å². The number of carbonyl (C=O) groups is 2. The van der Waals surface area contributed by atoms with Crippen molar-refractivity contribution in [3.05, 3.63) is 41.7 Å². The Morgan fingerprint density at radius 1 is 1.26 bits per heavy atom. The fourth-order valence-corrected chi connectivity index (χ4v) is 5.40. The summed E-state index contributed by atoms with van der Waals surface area (Å²) in [5, 5.41) is 2.26. The maximum absolute atomic E-state index is 14.0. The van der Waals surface area contributed by atoms with Gasteiger partial charge in [-0.3, -0.25) is 14.9 Å². The minimum absolute atomic E-state index is 0.00410. The maximum atomic E-state index is 14.0. The quantitative estimate of drug-likeness (QED) is 0.411. The first-order valence-corrected chi connectivity index (χ1v) is 12.7. The first-order valence-electron chi connectivity index (χ1n) is 10.8. The summed E-state index contributed by atoms with van der Waals surface area (Å²) in [6, 6.07) is 4.56. The molecule has 0 spiro atoms. The van der Waals surface area contributed by atoms with Gasteiger partial charge in [0.25, 0.3) is 0 Å². The van der Waals surface area contributed by atoms with E-state index in [2.05, 4.69) is 5.32 Å². The van der Waals surface area contributed by atoms with Gasteiger partial charge in [-0.25, -0.2) is 12.8 Å². The average molecular weight is 452 g/mol. The Morgan fingerprint density at radius 2 is 2.03 bits per heavy atom. The lowest BCUT2D eigenvalue weighted by Crippen LogP contribution is -2.21. The summed E-state index contributed by atoms with van der Waals surface area (Å²) < 4.78 is 44.7. The molecule has 1 saturated heterocycles. The van der Waals surface area contributed by atoms with E-state index in [9.17, 15) is 22.4 Å². The molecule has 31 heavy (non-hydrogen) atoms. The van der Waals surface area contributed by atoms with Crippen LogP contribution in [0.4, 0.5) is 4.39 Å². The number of benzene rings is 1. The van der Waals surface area contributed by atoms with Gasteiger partial charge in [0, 0.05) is 6.42 Å². The molecule has 1 unspecified atom stereocenters. The van der Waals surface area contributed by atoms with Gasteiger partial charge in [-0.05, 0) is 55.2 Å². The molecule has 8 heteroatoms. The Balaban J connectivity index is 1.47. The lowest BCUT2D eigenvalue weighted by Gasteiger charge is -2.25. The van der Waals surface area contributed by atoms with Crippen LogP contribution in [0.25, 0.3) is 0 Å². The summed E-state index contributed by atoms with van der Waals surface area (Å²) in [6.07, 6.45) is 7.85. The Kier molecular flexibility index (Phi) is 7.86. The van der Waals surface area contributed by atoms with Crippen molar-refractivity contribution in [2.45, 2.75) is 51.4 Å². The molecule has 2 aliphatic rings. The van der Waals surface area contributed by atoms with Gasteiger partial charge < -0.3 is 4.74 Å². The number of nitrogens with one attached hydrogen (secondary N) is 1. The highest BCUT2D eigenvalue weighted by Crippen LogP contribution is 2.29.